The minimum Gasteiger partial charge on any atom is -0.354 e. The van der Waals surface area contributed by atoms with E-state index in [1.165, 1.54) is 6.42 Å². The number of piperidine rings is 1. The molecular weight excluding hydrogens is 316 g/mol. The molecule has 2 N–H and O–H groups in total. The molecule has 0 radical (unpaired) electrons. The van der Waals surface area contributed by atoms with Crippen LogP contribution < -0.4 is 10.9 Å². The summed E-state index contributed by atoms with van der Waals surface area (Å²) in [4.78, 5) is 22.2. The Morgan fingerprint density at radius 2 is 1.96 bits per heavy atom. The summed E-state index contributed by atoms with van der Waals surface area (Å²) >= 11 is 0. The lowest BCUT2D eigenvalue weighted by atomic mass is 9.92. The van der Waals surface area contributed by atoms with Gasteiger partial charge in [-0.1, -0.05) is 13.8 Å². The van der Waals surface area contributed by atoms with Gasteiger partial charge in [0, 0.05) is 26.2 Å². The van der Waals surface area contributed by atoms with Crippen LogP contribution in [-0.4, -0.2) is 50.8 Å². The van der Waals surface area contributed by atoms with Crippen LogP contribution in [0.3, 0.4) is 0 Å². The fourth-order valence-electron chi connectivity index (χ4n) is 3.80. The second-order valence-electron chi connectivity index (χ2n) is 8.51. The molecule has 0 aromatic carbocycles. The highest BCUT2D eigenvalue weighted by atomic mass is 16.1. The third-order valence-corrected chi connectivity index (χ3v) is 4.74. The zero-order valence-corrected chi connectivity index (χ0v) is 16.0. The number of fused-ring (bicyclic) bond motifs is 1. The summed E-state index contributed by atoms with van der Waals surface area (Å²) < 4.78 is 1.80. The maximum Gasteiger partial charge on any atom is 0.263 e. The van der Waals surface area contributed by atoms with Crippen LogP contribution in [0.5, 0.6) is 0 Å². The van der Waals surface area contributed by atoms with Crippen LogP contribution in [0, 0.1) is 11.8 Å². The van der Waals surface area contributed by atoms with Gasteiger partial charge < -0.3 is 10.2 Å². The third kappa shape index (κ3) is 4.03. The summed E-state index contributed by atoms with van der Waals surface area (Å²) in [5, 5.41) is 8.14. The van der Waals surface area contributed by atoms with Crippen LogP contribution in [0.25, 0.3) is 11.0 Å². The Bertz CT molecular complexity index is 777. The Morgan fingerprint density at radius 3 is 2.60 bits per heavy atom. The van der Waals surface area contributed by atoms with E-state index in [-0.39, 0.29) is 11.1 Å². The van der Waals surface area contributed by atoms with Crippen molar-refractivity contribution in [3.8, 4) is 0 Å². The monoisotopic (exact) mass is 346 g/mol. The number of hydrogen-bond donors (Lipinski definition) is 2. The van der Waals surface area contributed by atoms with E-state index < -0.39 is 0 Å². The number of likely N-dealkylation sites (tertiary alicyclic amines) is 1. The van der Waals surface area contributed by atoms with E-state index in [2.05, 4.69) is 39.1 Å². The van der Waals surface area contributed by atoms with E-state index >= 15 is 0 Å². The van der Waals surface area contributed by atoms with Crippen LogP contribution in [0.2, 0.25) is 0 Å². The summed E-state index contributed by atoms with van der Waals surface area (Å²) in [7, 11) is 0. The molecular formula is C18H30N6O. The molecule has 3 rings (SSSR count). The molecule has 138 valence electrons. The molecule has 2 atom stereocenters. The zero-order valence-electron chi connectivity index (χ0n) is 16.0. The van der Waals surface area contributed by atoms with Gasteiger partial charge in [-0.15, -0.1) is 0 Å². The van der Waals surface area contributed by atoms with Gasteiger partial charge in [-0.2, -0.15) is 10.1 Å². The highest BCUT2D eigenvalue weighted by molar-refractivity contribution is 5.74. The Balaban J connectivity index is 1.70. The lowest BCUT2D eigenvalue weighted by Crippen LogP contribution is -2.41. The van der Waals surface area contributed by atoms with Gasteiger partial charge in [-0.25, -0.2) is 4.68 Å². The van der Waals surface area contributed by atoms with Crippen molar-refractivity contribution in [1.29, 1.82) is 0 Å². The number of anilines is 1. The van der Waals surface area contributed by atoms with Gasteiger partial charge in [0.15, 0.2) is 5.65 Å². The highest BCUT2D eigenvalue weighted by Gasteiger charge is 2.22. The number of aromatic nitrogens is 4. The lowest BCUT2D eigenvalue weighted by Gasteiger charge is -2.34. The molecule has 0 saturated carbocycles. The average molecular weight is 346 g/mol. The van der Waals surface area contributed by atoms with E-state index in [0.717, 1.165) is 38.0 Å². The molecule has 1 aliphatic heterocycles. The fraction of sp³-hybridized carbons (Fsp3) is 0.722. The van der Waals surface area contributed by atoms with Gasteiger partial charge in [0.2, 0.25) is 5.95 Å². The predicted molar refractivity (Wildman–Crippen MR) is 101 cm³/mol. The van der Waals surface area contributed by atoms with Crippen LogP contribution in [-0.2, 0) is 5.54 Å². The number of hydrogen-bond acceptors (Lipinski definition) is 5. The standard InChI is InChI=1S/C18H30N6O/c1-12-8-13(2)11-23(10-12)7-6-19-17-21-15-14(16(25)22-17)9-20-24(15)18(3,4)5/h9,12-13H,6-8,10-11H2,1-5H3,(H2,19,21,22,25)/t12-,13-/m1/s1. The molecule has 0 amide bonds. The molecule has 1 saturated heterocycles. The Morgan fingerprint density at radius 1 is 1.28 bits per heavy atom. The molecule has 0 aliphatic carbocycles. The number of H-pyrrole nitrogens is 1. The number of rotatable bonds is 4. The van der Waals surface area contributed by atoms with Gasteiger partial charge in [0.1, 0.15) is 5.39 Å². The molecule has 1 fully saturated rings. The summed E-state index contributed by atoms with van der Waals surface area (Å²) in [5.41, 5.74) is 0.252. The number of aromatic amines is 1. The molecule has 3 heterocycles. The van der Waals surface area contributed by atoms with E-state index in [1.54, 1.807) is 10.9 Å². The van der Waals surface area contributed by atoms with Crippen molar-refractivity contribution in [2.75, 3.05) is 31.5 Å². The first-order chi connectivity index (χ1) is 11.7. The molecule has 0 spiro atoms. The SMILES string of the molecule is C[C@@H]1C[C@@H](C)CN(CCNc2nc3c(cnn3C(C)(C)C)c(=O)[nH]2)C1. The smallest absolute Gasteiger partial charge is 0.263 e. The second-order valence-corrected chi connectivity index (χ2v) is 8.51. The van der Waals surface area contributed by atoms with Crippen molar-refractivity contribution in [3.05, 3.63) is 16.6 Å². The maximum atomic E-state index is 12.3. The third-order valence-electron chi connectivity index (χ3n) is 4.74. The summed E-state index contributed by atoms with van der Waals surface area (Å²) in [6.45, 7) is 14.8. The molecule has 25 heavy (non-hydrogen) atoms. The fourth-order valence-corrected chi connectivity index (χ4v) is 3.80. The maximum absolute atomic E-state index is 12.3. The van der Waals surface area contributed by atoms with E-state index in [0.29, 0.717) is 17.0 Å². The summed E-state index contributed by atoms with van der Waals surface area (Å²) in [5.74, 6) is 2.01. The highest BCUT2D eigenvalue weighted by Crippen LogP contribution is 2.21. The first-order valence-electron chi connectivity index (χ1n) is 9.19. The van der Waals surface area contributed by atoms with E-state index in [9.17, 15) is 4.79 Å². The van der Waals surface area contributed by atoms with Crippen molar-refractivity contribution < 1.29 is 0 Å². The van der Waals surface area contributed by atoms with Crippen molar-refractivity contribution in [3.63, 3.8) is 0 Å². The molecule has 0 unspecified atom stereocenters. The molecule has 0 bridgehead atoms. The molecule has 7 nitrogen and oxygen atoms in total. The van der Waals surface area contributed by atoms with Crippen molar-refractivity contribution >= 4 is 17.0 Å². The second kappa shape index (κ2) is 6.78. The van der Waals surface area contributed by atoms with E-state index in [1.807, 2.05) is 20.8 Å². The number of nitrogens with zero attached hydrogens (tertiary/aromatic N) is 4. The van der Waals surface area contributed by atoms with Gasteiger partial charge >= 0.3 is 0 Å². The lowest BCUT2D eigenvalue weighted by molar-refractivity contribution is 0.146. The van der Waals surface area contributed by atoms with Crippen LogP contribution in [0.15, 0.2) is 11.0 Å². The number of nitrogens with one attached hydrogen (secondary N) is 2. The Hall–Kier alpha value is -1.89. The normalized spacial score (nSPS) is 22.4. The molecule has 2 aromatic rings. The minimum atomic E-state index is -0.222. The minimum absolute atomic E-state index is 0.150. The first kappa shape index (κ1) is 17.9. The topological polar surface area (TPSA) is 78.8 Å². The average Bonchev–Trinajstić information content (AvgIpc) is 2.90. The largest absolute Gasteiger partial charge is 0.354 e. The van der Waals surface area contributed by atoms with Crippen LogP contribution >= 0.6 is 0 Å². The summed E-state index contributed by atoms with van der Waals surface area (Å²) in [6.07, 6.45) is 2.90. The Kier molecular flexibility index (Phi) is 4.86. The van der Waals surface area contributed by atoms with Gasteiger partial charge in [-0.05, 0) is 39.0 Å². The van der Waals surface area contributed by atoms with Gasteiger partial charge in [0.05, 0.1) is 11.7 Å². The Labute approximate surface area is 148 Å². The van der Waals surface area contributed by atoms with Crippen LogP contribution in [0.1, 0.15) is 41.0 Å². The van der Waals surface area contributed by atoms with Gasteiger partial charge in [0.25, 0.3) is 5.56 Å². The van der Waals surface area contributed by atoms with Crippen molar-refractivity contribution in [2.24, 2.45) is 11.8 Å². The van der Waals surface area contributed by atoms with Crippen molar-refractivity contribution in [2.45, 2.75) is 46.6 Å². The zero-order chi connectivity index (χ0) is 18.2. The molecule has 7 heteroatoms. The van der Waals surface area contributed by atoms with Crippen LogP contribution in [0.4, 0.5) is 5.95 Å². The quantitative estimate of drug-likeness (QED) is 0.888. The molecule has 2 aromatic heterocycles. The first-order valence-corrected chi connectivity index (χ1v) is 9.19. The summed E-state index contributed by atoms with van der Waals surface area (Å²) in [6, 6.07) is 0. The predicted octanol–water partition coefficient (Wildman–Crippen LogP) is 2.26. The van der Waals surface area contributed by atoms with E-state index in [4.69, 9.17) is 0 Å². The van der Waals surface area contributed by atoms with Crippen molar-refractivity contribution in [1.82, 2.24) is 24.6 Å². The van der Waals surface area contributed by atoms with Gasteiger partial charge in [-0.3, -0.25) is 9.78 Å². The molecule has 1 aliphatic rings.